The highest BCUT2D eigenvalue weighted by Crippen LogP contribution is 2.24. The van der Waals surface area contributed by atoms with Crippen LogP contribution in [0, 0.1) is 6.92 Å². The number of nitrogens with two attached hydrogens (primary N) is 1. The Morgan fingerprint density at radius 1 is 1.24 bits per heavy atom. The van der Waals surface area contributed by atoms with Crippen molar-refractivity contribution in [2.24, 2.45) is 12.9 Å². The molecule has 0 aliphatic heterocycles. The summed E-state index contributed by atoms with van der Waals surface area (Å²) in [6.07, 6.45) is 2.52. The fraction of sp³-hybridized carbons (Fsp3) is 0.250. The molecule has 0 bridgehead atoms. The zero-order valence-electron chi connectivity index (χ0n) is 12.2. The summed E-state index contributed by atoms with van der Waals surface area (Å²) in [6.45, 7) is 2.00. The van der Waals surface area contributed by atoms with Crippen LogP contribution in [0.2, 0.25) is 0 Å². The molecule has 0 amide bonds. The molecule has 2 aromatic heterocycles. The number of hydrogen-bond donors (Lipinski definition) is 2. The molecule has 5 nitrogen and oxygen atoms in total. The lowest BCUT2D eigenvalue weighted by molar-refractivity contribution is 0.538. The van der Waals surface area contributed by atoms with Crippen molar-refractivity contribution in [2.45, 2.75) is 19.4 Å². The van der Waals surface area contributed by atoms with Gasteiger partial charge in [-0.2, -0.15) is 5.10 Å². The number of hydrogen-bond acceptors (Lipinski definition) is 4. The molecule has 0 aliphatic carbocycles. The zero-order valence-corrected chi connectivity index (χ0v) is 12.2. The first-order valence-electron chi connectivity index (χ1n) is 6.99. The van der Waals surface area contributed by atoms with Crippen LogP contribution in [0.15, 0.2) is 42.6 Å². The third kappa shape index (κ3) is 2.53. The molecule has 0 spiro atoms. The van der Waals surface area contributed by atoms with Crippen LogP contribution in [0.5, 0.6) is 0 Å². The van der Waals surface area contributed by atoms with E-state index in [-0.39, 0.29) is 6.04 Å². The van der Waals surface area contributed by atoms with Crippen LogP contribution in [0.4, 0.5) is 0 Å². The van der Waals surface area contributed by atoms with Crippen molar-refractivity contribution < 1.29 is 0 Å². The summed E-state index contributed by atoms with van der Waals surface area (Å²) < 4.78 is 1.91. The van der Waals surface area contributed by atoms with Crippen molar-refractivity contribution in [3.63, 3.8) is 0 Å². The van der Waals surface area contributed by atoms with Gasteiger partial charge < -0.3 is 0 Å². The van der Waals surface area contributed by atoms with E-state index in [0.29, 0.717) is 0 Å². The number of rotatable bonds is 4. The summed E-state index contributed by atoms with van der Waals surface area (Å²) >= 11 is 0. The van der Waals surface area contributed by atoms with Crippen molar-refractivity contribution in [3.8, 4) is 0 Å². The Balaban J connectivity index is 1.99. The van der Waals surface area contributed by atoms with Crippen molar-refractivity contribution >= 4 is 10.9 Å². The smallest absolute Gasteiger partial charge is 0.0722 e. The fourth-order valence-electron chi connectivity index (χ4n) is 2.76. The van der Waals surface area contributed by atoms with Crippen molar-refractivity contribution in [2.75, 3.05) is 0 Å². The van der Waals surface area contributed by atoms with Gasteiger partial charge in [0.25, 0.3) is 0 Å². The molecular formula is C16H19N5. The molecule has 0 saturated carbocycles. The Bertz CT molecular complexity index is 762. The predicted molar refractivity (Wildman–Crippen MR) is 83.5 cm³/mol. The van der Waals surface area contributed by atoms with Crippen LogP contribution in [0.1, 0.15) is 23.0 Å². The van der Waals surface area contributed by atoms with Gasteiger partial charge in [-0.1, -0.05) is 24.3 Å². The van der Waals surface area contributed by atoms with Gasteiger partial charge in [0.05, 0.1) is 17.3 Å². The molecule has 3 rings (SSSR count). The molecule has 1 unspecified atom stereocenters. The summed E-state index contributed by atoms with van der Waals surface area (Å²) in [5.41, 5.74) is 7.16. The number of para-hydroxylation sites is 1. The summed E-state index contributed by atoms with van der Waals surface area (Å²) in [6, 6.07) is 12.2. The highest BCUT2D eigenvalue weighted by Gasteiger charge is 2.17. The minimum atomic E-state index is -0.00277. The van der Waals surface area contributed by atoms with E-state index in [1.165, 1.54) is 5.39 Å². The Morgan fingerprint density at radius 3 is 2.81 bits per heavy atom. The first kappa shape index (κ1) is 13.7. The number of fused-ring (bicyclic) bond motifs is 1. The number of nitrogens with one attached hydrogen (secondary N) is 1. The van der Waals surface area contributed by atoms with Gasteiger partial charge in [-0.05, 0) is 24.6 Å². The van der Waals surface area contributed by atoms with Gasteiger partial charge in [0, 0.05) is 30.7 Å². The number of nitrogens with zero attached hydrogens (tertiary/aromatic N) is 3. The summed E-state index contributed by atoms with van der Waals surface area (Å²) in [7, 11) is 1.96. The maximum absolute atomic E-state index is 5.76. The van der Waals surface area contributed by atoms with Gasteiger partial charge in [0.1, 0.15) is 0 Å². The molecule has 5 heteroatoms. The third-order valence-corrected chi connectivity index (χ3v) is 3.86. The van der Waals surface area contributed by atoms with Crippen LogP contribution >= 0.6 is 0 Å². The third-order valence-electron chi connectivity index (χ3n) is 3.86. The second-order valence-electron chi connectivity index (χ2n) is 5.19. The van der Waals surface area contributed by atoms with Gasteiger partial charge in [0.2, 0.25) is 0 Å². The van der Waals surface area contributed by atoms with Gasteiger partial charge in [0.15, 0.2) is 0 Å². The quantitative estimate of drug-likeness (QED) is 0.567. The summed E-state index contributed by atoms with van der Waals surface area (Å²) in [5.74, 6) is 5.76. The maximum atomic E-state index is 5.76. The molecule has 1 atom stereocenters. The monoisotopic (exact) mass is 281 g/mol. The Labute approximate surface area is 123 Å². The van der Waals surface area contributed by atoms with Gasteiger partial charge in [-0.3, -0.25) is 20.9 Å². The molecule has 1 aromatic carbocycles. The highest BCUT2D eigenvalue weighted by molar-refractivity contribution is 5.81. The van der Waals surface area contributed by atoms with Crippen LogP contribution < -0.4 is 11.3 Å². The van der Waals surface area contributed by atoms with Crippen molar-refractivity contribution in [1.29, 1.82) is 0 Å². The van der Waals surface area contributed by atoms with E-state index in [2.05, 4.69) is 33.7 Å². The van der Waals surface area contributed by atoms with E-state index in [0.717, 1.165) is 28.9 Å². The van der Waals surface area contributed by atoms with E-state index in [1.807, 2.05) is 36.9 Å². The predicted octanol–water partition coefficient (Wildman–Crippen LogP) is 2.02. The number of benzene rings is 1. The first-order valence-corrected chi connectivity index (χ1v) is 6.99. The molecule has 2 heterocycles. The number of pyridine rings is 1. The lowest BCUT2D eigenvalue weighted by Crippen LogP contribution is -2.30. The zero-order chi connectivity index (χ0) is 14.8. The van der Waals surface area contributed by atoms with Crippen molar-refractivity contribution in [1.82, 2.24) is 20.2 Å². The molecule has 21 heavy (non-hydrogen) atoms. The topological polar surface area (TPSA) is 68.8 Å². The first-order chi connectivity index (χ1) is 10.2. The molecule has 0 aliphatic rings. The summed E-state index contributed by atoms with van der Waals surface area (Å²) in [4.78, 5) is 4.34. The molecule has 0 saturated heterocycles. The Hall–Kier alpha value is -2.24. The SMILES string of the molecule is Cc1ncccc1C(Cc1nn(C)c2ccccc12)NN. The molecule has 0 fully saturated rings. The minimum absolute atomic E-state index is 0.00277. The lowest BCUT2D eigenvalue weighted by Gasteiger charge is -2.17. The van der Waals surface area contributed by atoms with Crippen LogP contribution in [0.3, 0.4) is 0 Å². The minimum Gasteiger partial charge on any atom is -0.271 e. The van der Waals surface area contributed by atoms with E-state index >= 15 is 0 Å². The second-order valence-corrected chi connectivity index (χ2v) is 5.19. The van der Waals surface area contributed by atoms with Gasteiger partial charge in [-0.25, -0.2) is 0 Å². The Morgan fingerprint density at radius 2 is 2.05 bits per heavy atom. The van der Waals surface area contributed by atoms with E-state index in [4.69, 9.17) is 5.84 Å². The average Bonchev–Trinajstić information content (AvgIpc) is 2.82. The standard InChI is InChI=1S/C16H19N5/c1-11-12(7-5-9-18-11)14(19-17)10-15-13-6-3-4-8-16(13)21(2)20-15/h3-9,14,19H,10,17H2,1-2H3. The van der Waals surface area contributed by atoms with Crippen molar-refractivity contribution in [3.05, 3.63) is 59.5 Å². The normalized spacial score (nSPS) is 12.7. The van der Waals surface area contributed by atoms with Gasteiger partial charge in [-0.15, -0.1) is 0 Å². The van der Waals surface area contributed by atoms with Crippen LogP contribution in [0.25, 0.3) is 10.9 Å². The number of aryl methyl sites for hydroxylation is 2. The van der Waals surface area contributed by atoms with E-state index < -0.39 is 0 Å². The van der Waals surface area contributed by atoms with Gasteiger partial charge >= 0.3 is 0 Å². The van der Waals surface area contributed by atoms with Crippen LogP contribution in [-0.2, 0) is 13.5 Å². The lowest BCUT2D eigenvalue weighted by atomic mass is 10.00. The molecule has 0 radical (unpaired) electrons. The van der Waals surface area contributed by atoms with E-state index in [9.17, 15) is 0 Å². The highest BCUT2D eigenvalue weighted by atomic mass is 15.3. The summed E-state index contributed by atoms with van der Waals surface area (Å²) in [5, 5.41) is 5.80. The molecular weight excluding hydrogens is 262 g/mol. The second kappa shape index (κ2) is 5.63. The number of aromatic nitrogens is 3. The average molecular weight is 281 g/mol. The fourth-order valence-corrected chi connectivity index (χ4v) is 2.76. The maximum Gasteiger partial charge on any atom is 0.0722 e. The largest absolute Gasteiger partial charge is 0.271 e. The van der Waals surface area contributed by atoms with E-state index in [1.54, 1.807) is 6.20 Å². The molecule has 108 valence electrons. The number of hydrazine groups is 1. The molecule has 3 aromatic rings. The van der Waals surface area contributed by atoms with Crippen LogP contribution in [-0.4, -0.2) is 14.8 Å². The Kier molecular flexibility index (Phi) is 3.68. The molecule has 3 N–H and O–H groups in total.